The van der Waals surface area contributed by atoms with Crippen molar-refractivity contribution in [1.29, 1.82) is 0 Å². The Hall–Kier alpha value is -2.39. The average molecular weight is 283 g/mol. The van der Waals surface area contributed by atoms with Gasteiger partial charge in [0, 0.05) is 5.02 Å². The van der Waals surface area contributed by atoms with Crippen LogP contribution in [-0.4, -0.2) is 9.97 Å². The third-order valence-electron chi connectivity index (χ3n) is 2.92. The summed E-state index contributed by atoms with van der Waals surface area (Å²) in [5.74, 6) is 0.522. The van der Waals surface area contributed by atoms with Crippen molar-refractivity contribution in [1.82, 2.24) is 9.97 Å². The number of hydrogen-bond donors (Lipinski definition) is 1. The van der Waals surface area contributed by atoms with Gasteiger partial charge in [0.1, 0.15) is 5.82 Å². The second-order valence-electron chi connectivity index (χ2n) is 4.36. The van der Waals surface area contributed by atoms with Gasteiger partial charge in [-0.3, -0.25) is 4.79 Å². The molecule has 98 valence electrons. The van der Waals surface area contributed by atoms with Crippen LogP contribution in [0.1, 0.15) is 11.4 Å². The standard InChI is InChI=1S/C16H11ClN2O/c17-12-7-8-14-13(10-12)16(20)19-15(18-14)9-6-11-4-2-1-3-5-11/h1-10H,(H,18,19,20)/b9-6+. The van der Waals surface area contributed by atoms with Crippen LogP contribution in [0.5, 0.6) is 0 Å². The molecule has 1 aromatic heterocycles. The van der Waals surface area contributed by atoms with Gasteiger partial charge in [0.2, 0.25) is 0 Å². The molecule has 0 saturated carbocycles. The molecule has 0 bridgehead atoms. The zero-order chi connectivity index (χ0) is 13.9. The third kappa shape index (κ3) is 2.63. The van der Waals surface area contributed by atoms with E-state index in [4.69, 9.17) is 11.6 Å². The maximum atomic E-state index is 12.0. The van der Waals surface area contributed by atoms with Gasteiger partial charge in [-0.2, -0.15) is 0 Å². The highest BCUT2D eigenvalue weighted by Gasteiger charge is 2.02. The van der Waals surface area contributed by atoms with Crippen LogP contribution < -0.4 is 5.56 Å². The summed E-state index contributed by atoms with van der Waals surface area (Å²) in [4.78, 5) is 19.1. The molecule has 0 unspecified atom stereocenters. The number of fused-ring (bicyclic) bond motifs is 1. The van der Waals surface area contributed by atoms with Gasteiger partial charge in [0.25, 0.3) is 5.56 Å². The van der Waals surface area contributed by atoms with E-state index in [1.165, 1.54) is 0 Å². The first kappa shape index (κ1) is 12.6. The van der Waals surface area contributed by atoms with Crippen LogP contribution in [0.4, 0.5) is 0 Å². The molecule has 20 heavy (non-hydrogen) atoms. The Balaban J connectivity index is 2.03. The minimum atomic E-state index is -0.190. The number of aromatic amines is 1. The molecule has 0 spiro atoms. The van der Waals surface area contributed by atoms with E-state index in [2.05, 4.69) is 9.97 Å². The van der Waals surface area contributed by atoms with Crippen molar-refractivity contribution in [3.63, 3.8) is 0 Å². The Morgan fingerprint density at radius 2 is 1.85 bits per heavy atom. The number of hydrogen-bond acceptors (Lipinski definition) is 2. The summed E-state index contributed by atoms with van der Waals surface area (Å²) in [6.07, 6.45) is 3.69. The quantitative estimate of drug-likeness (QED) is 0.778. The second kappa shape index (κ2) is 5.31. The Kier molecular flexibility index (Phi) is 3.35. The molecule has 1 heterocycles. The summed E-state index contributed by atoms with van der Waals surface area (Å²) in [5, 5.41) is 1.02. The molecule has 0 aliphatic rings. The molecule has 2 aromatic carbocycles. The normalized spacial score (nSPS) is 11.2. The fraction of sp³-hybridized carbons (Fsp3) is 0. The number of rotatable bonds is 2. The number of halogens is 1. The van der Waals surface area contributed by atoms with Gasteiger partial charge in [0.05, 0.1) is 10.9 Å². The molecule has 3 rings (SSSR count). The molecule has 0 radical (unpaired) electrons. The monoisotopic (exact) mass is 282 g/mol. The molecular formula is C16H11ClN2O. The zero-order valence-corrected chi connectivity index (χ0v) is 11.3. The fourth-order valence-electron chi connectivity index (χ4n) is 1.95. The van der Waals surface area contributed by atoms with E-state index in [-0.39, 0.29) is 5.56 Å². The molecule has 0 atom stereocenters. The molecule has 4 heteroatoms. The van der Waals surface area contributed by atoms with Crippen LogP contribution in [0.15, 0.2) is 53.3 Å². The minimum Gasteiger partial charge on any atom is -0.306 e. The average Bonchev–Trinajstić information content (AvgIpc) is 2.47. The van der Waals surface area contributed by atoms with E-state index < -0.39 is 0 Å². The summed E-state index contributed by atoms with van der Waals surface area (Å²) in [6, 6.07) is 14.9. The van der Waals surface area contributed by atoms with Crippen LogP contribution in [0.25, 0.3) is 23.1 Å². The van der Waals surface area contributed by atoms with Crippen molar-refractivity contribution in [3.05, 3.63) is 75.3 Å². The van der Waals surface area contributed by atoms with Gasteiger partial charge in [-0.05, 0) is 29.8 Å². The fourth-order valence-corrected chi connectivity index (χ4v) is 2.12. The lowest BCUT2D eigenvalue weighted by Crippen LogP contribution is -2.09. The first-order chi connectivity index (χ1) is 9.72. The highest BCUT2D eigenvalue weighted by molar-refractivity contribution is 6.31. The molecule has 3 aromatic rings. The lowest BCUT2D eigenvalue weighted by Gasteiger charge is -1.99. The van der Waals surface area contributed by atoms with Crippen LogP contribution in [0.2, 0.25) is 5.02 Å². The van der Waals surface area contributed by atoms with E-state index in [9.17, 15) is 4.79 Å². The molecule has 0 saturated heterocycles. The Morgan fingerprint density at radius 1 is 1.05 bits per heavy atom. The van der Waals surface area contributed by atoms with Gasteiger partial charge < -0.3 is 4.98 Å². The van der Waals surface area contributed by atoms with Crippen molar-refractivity contribution in [2.24, 2.45) is 0 Å². The summed E-state index contributed by atoms with van der Waals surface area (Å²) >= 11 is 5.88. The molecule has 3 nitrogen and oxygen atoms in total. The SMILES string of the molecule is O=c1[nH]c(/C=C/c2ccccc2)nc2ccc(Cl)cc12. The Labute approximate surface area is 120 Å². The van der Waals surface area contributed by atoms with Crippen LogP contribution in [0.3, 0.4) is 0 Å². The van der Waals surface area contributed by atoms with Crippen molar-refractivity contribution >= 4 is 34.7 Å². The highest BCUT2D eigenvalue weighted by Crippen LogP contribution is 2.15. The maximum Gasteiger partial charge on any atom is 0.259 e. The number of nitrogens with one attached hydrogen (secondary N) is 1. The number of benzene rings is 2. The van der Waals surface area contributed by atoms with Crippen molar-refractivity contribution in [2.45, 2.75) is 0 Å². The highest BCUT2D eigenvalue weighted by atomic mass is 35.5. The minimum absolute atomic E-state index is 0.190. The topological polar surface area (TPSA) is 45.8 Å². The summed E-state index contributed by atoms with van der Waals surface area (Å²) in [5.41, 5.74) is 1.49. The van der Waals surface area contributed by atoms with Crippen molar-refractivity contribution in [3.8, 4) is 0 Å². The summed E-state index contributed by atoms with van der Waals surface area (Å²) in [6.45, 7) is 0. The van der Waals surface area contributed by atoms with E-state index >= 15 is 0 Å². The van der Waals surface area contributed by atoms with Crippen molar-refractivity contribution < 1.29 is 0 Å². The Morgan fingerprint density at radius 3 is 2.65 bits per heavy atom. The molecule has 0 fully saturated rings. The van der Waals surface area contributed by atoms with Gasteiger partial charge >= 0.3 is 0 Å². The third-order valence-corrected chi connectivity index (χ3v) is 3.15. The Bertz CT molecular complexity index is 838. The van der Waals surface area contributed by atoms with Gasteiger partial charge in [-0.15, -0.1) is 0 Å². The van der Waals surface area contributed by atoms with E-state index in [0.717, 1.165) is 5.56 Å². The predicted molar refractivity (Wildman–Crippen MR) is 82.7 cm³/mol. The van der Waals surface area contributed by atoms with Crippen LogP contribution in [0, 0.1) is 0 Å². The first-order valence-electron chi connectivity index (χ1n) is 6.15. The molecular weight excluding hydrogens is 272 g/mol. The lowest BCUT2D eigenvalue weighted by atomic mass is 10.2. The summed E-state index contributed by atoms with van der Waals surface area (Å²) < 4.78 is 0. The lowest BCUT2D eigenvalue weighted by molar-refractivity contribution is 1.14. The number of H-pyrrole nitrogens is 1. The summed E-state index contributed by atoms with van der Waals surface area (Å²) in [7, 11) is 0. The molecule has 0 aliphatic carbocycles. The van der Waals surface area contributed by atoms with Crippen LogP contribution >= 0.6 is 11.6 Å². The predicted octanol–water partition coefficient (Wildman–Crippen LogP) is 3.75. The van der Waals surface area contributed by atoms with E-state index in [1.54, 1.807) is 24.3 Å². The molecule has 1 N–H and O–H groups in total. The first-order valence-corrected chi connectivity index (χ1v) is 6.53. The largest absolute Gasteiger partial charge is 0.306 e. The molecule has 0 amide bonds. The maximum absolute atomic E-state index is 12.0. The van der Waals surface area contributed by atoms with Gasteiger partial charge in [-0.1, -0.05) is 48.0 Å². The number of aromatic nitrogens is 2. The van der Waals surface area contributed by atoms with E-state index in [1.807, 2.05) is 36.4 Å². The zero-order valence-electron chi connectivity index (χ0n) is 10.5. The molecule has 0 aliphatic heterocycles. The van der Waals surface area contributed by atoms with Crippen molar-refractivity contribution in [2.75, 3.05) is 0 Å². The van der Waals surface area contributed by atoms with Gasteiger partial charge in [-0.25, -0.2) is 4.98 Å². The van der Waals surface area contributed by atoms with Gasteiger partial charge in [0.15, 0.2) is 0 Å². The second-order valence-corrected chi connectivity index (χ2v) is 4.79. The van der Waals surface area contributed by atoms with Crippen LogP contribution in [-0.2, 0) is 0 Å². The number of nitrogens with zero attached hydrogens (tertiary/aromatic N) is 1. The smallest absolute Gasteiger partial charge is 0.259 e. The van der Waals surface area contributed by atoms with E-state index in [0.29, 0.717) is 21.7 Å².